The largest absolute Gasteiger partial charge is 0.350 e. The van der Waals surface area contributed by atoms with Gasteiger partial charge in [-0.05, 0) is 35.9 Å². The van der Waals surface area contributed by atoms with E-state index in [1.165, 1.54) is 11.3 Å². The van der Waals surface area contributed by atoms with Crippen LogP contribution in [0.25, 0.3) is 10.1 Å². The molecule has 0 aliphatic rings. The molecule has 2 aromatic rings. The van der Waals surface area contributed by atoms with Crippen LogP contribution in [0.3, 0.4) is 0 Å². The lowest BCUT2D eigenvalue weighted by Crippen LogP contribution is -2.29. The number of hydroxylamine groups is 1. The zero-order valence-electron chi connectivity index (χ0n) is 13.5. The SMILES string of the molecule is CC(C)COC(C)ONC(=O)c1cc2ccc(CON)cc2s1. The molecule has 1 atom stereocenters. The molecule has 6 nitrogen and oxygen atoms in total. The maximum absolute atomic E-state index is 12.1. The summed E-state index contributed by atoms with van der Waals surface area (Å²) in [6, 6.07) is 7.64. The third kappa shape index (κ3) is 5.26. The zero-order chi connectivity index (χ0) is 16.8. The van der Waals surface area contributed by atoms with E-state index < -0.39 is 6.29 Å². The van der Waals surface area contributed by atoms with Crippen LogP contribution in [0.15, 0.2) is 24.3 Å². The maximum Gasteiger partial charge on any atom is 0.285 e. The normalized spacial score (nSPS) is 12.7. The minimum atomic E-state index is -0.496. The van der Waals surface area contributed by atoms with Crippen LogP contribution >= 0.6 is 11.3 Å². The topological polar surface area (TPSA) is 82.8 Å². The molecule has 1 heterocycles. The fraction of sp³-hybridized carbons (Fsp3) is 0.438. The van der Waals surface area contributed by atoms with Crippen molar-refractivity contribution in [1.82, 2.24) is 5.48 Å². The summed E-state index contributed by atoms with van der Waals surface area (Å²) in [5.41, 5.74) is 3.38. The van der Waals surface area contributed by atoms with Crippen molar-refractivity contribution in [1.29, 1.82) is 0 Å². The fourth-order valence-electron chi connectivity index (χ4n) is 1.92. The van der Waals surface area contributed by atoms with Crippen molar-refractivity contribution in [2.45, 2.75) is 33.7 Å². The summed E-state index contributed by atoms with van der Waals surface area (Å²) in [6.45, 7) is 6.75. The average molecular weight is 338 g/mol. The first kappa shape index (κ1) is 17.8. The second kappa shape index (κ2) is 8.37. The second-order valence-corrected chi connectivity index (χ2v) is 6.72. The number of nitrogens with two attached hydrogens (primary N) is 1. The predicted octanol–water partition coefficient (Wildman–Crippen LogP) is 2.97. The van der Waals surface area contributed by atoms with Crippen LogP contribution in [0.4, 0.5) is 0 Å². The van der Waals surface area contributed by atoms with E-state index in [-0.39, 0.29) is 5.91 Å². The summed E-state index contributed by atoms with van der Waals surface area (Å²) in [5, 5.41) is 0.991. The Balaban J connectivity index is 1.95. The number of nitrogens with one attached hydrogen (secondary N) is 1. The first-order valence-electron chi connectivity index (χ1n) is 7.41. The number of benzene rings is 1. The number of carbonyl (C=O) groups excluding carboxylic acids is 1. The molecule has 1 aromatic heterocycles. The number of ether oxygens (including phenoxy) is 1. The number of thiophene rings is 1. The van der Waals surface area contributed by atoms with E-state index in [0.29, 0.717) is 24.0 Å². The maximum atomic E-state index is 12.1. The number of amides is 1. The molecule has 0 spiro atoms. The number of carbonyl (C=O) groups is 1. The van der Waals surface area contributed by atoms with Crippen molar-refractivity contribution in [2.24, 2.45) is 11.8 Å². The number of hydrogen-bond donors (Lipinski definition) is 2. The highest BCUT2D eigenvalue weighted by Crippen LogP contribution is 2.26. The summed E-state index contributed by atoms with van der Waals surface area (Å²) in [6.07, 6.45) is -0.496. The Labute approximate surface area is 139 Å². The van der Waals surface area contributed by atoms with Gasteiger partial charge in [-0.25, -0.2) is 16.2 Å². The van der Waals surface area contributed by atoms with E-state index in [2.05, 4.69) is 10.3 Å². The summed E-state index contributed by atoms with van der Waals surface area (Å²) < 4.78 is 6.43. The minimum Gasteiger partial charge on any atom is -0.350 e. The van der Waals surface area contributed by atoms with Gasteiger partial charge in [0.25, 0.3) is 5.91 Å². The quantitative estimate of drug-likeness (QED) is 0.571. The molecule has 0 aliphatic heterocycles. The predicted molar refractivity (Wildman–Crippen MR) is 89.6 cm³/mol. The molecule has 1 amide bonds. The van der Waals surface area contributed by atoms with Gasteiger partial charge < -0.3 is 4.74 Å². The van der Waals surface area contributed by atoms with Gasteiger partial charge in [0.05, 0.1) is 18.1 Å². The van der Waals surface area contributed by atoms with Crippen molar-refractivity contribution >= 4 is 27.3 Å². The van der Waals surface area contributed by atoms with E-state index in [9.17, 15) is 4.79 Å². The fourth-order valence-corrected chi connectivity index (χ4v) is 2.93. The van der Waals surface area contributed by atoms with Crippen LogP contribution in [0.5, 0.6) is 0 Å². The van der Waals surface area contributed by atoms with Gasteiger partial charge in [0.15, 0.2) is 6.29 Å². The molecule has 2 rings (SSSR count). The molecular weight excluding hydrogens is 316 g/mol. The summed E-state index contributed by atoms with van der Waals surface area (Å²) >= 11 is 1.39. The molecule has 3 N–H and O–H groups in total. The Morgan fingerprint density at radius 2 is 2.09 bits per heavy atom. The van der Waals surface area contributed by atoms with Crippen LogP contribution in [0, 0.1) is 5.92 Å². The molecule has 0 saturated heterocycles. The van der Waals surface area contributed by atoms with Gasteiger partial charge in [-0.2, -0.15) is 0 Å². The van der Waals surface area contributed by atoms with Crippen molar-refractivity contribution in [3.05, 3.63) is 34.7 Å². The van der Waals surface area contributed by atoms with Crippen molar-refractivity contribution in [2.75, 3.05) is 6.61 Å². The first-order valence-corrected chi connectivity index (χ1v) is 8.23. The molecule has 0 fully saturated rings. The molecule has 0 radical (unpaired) electrons. The summed E-state index contributed by atoms with van der Waals surface area (Å²) in [7, 11) is 0. The van der Waals surface area contributed by atoms with Gasteiger partial charge >= 0.3 is 0 Å². The number of rotatable bonds is 8. The lowest BCUT2D eigenvalue weighted by Gasteiger charge is -2.14. The molecule has 0 saturated carbocycles. The monoisotopic (exact) mass is 338 g/mol. The highest BCUT2D eigenvalue weighted by atomic mass is 32.1. The number of fused-ring (bicyclic) bond motifs is 1. The van der Waals surface area contributed by atoms with Crippen LogP contribution in [-0.4, -0.2) is 18.8 Å². The van der Waals surface area contributed by atoms with Gasteiger partial charge in [-0.3, -0.25) is 9.63 Å². The molecule has 0 aliphatic carbocycles. The van der Waals surface area contributed by atoms with Gasteiger partial charge in [0, 0.05) is 4.70 Å². The zero-order valence-corrected chi connectivity index (χ0v) is 14.3. The highest BCUT2D eigenvalue weighted by molar-refractivity contribution is 7.20. The van der Waals surface area contributed by atoms with Crippen molar-refractivity contribution in [3.8, 4) is 0 Å². The highest BCUT2D eigenvalue weighted by Gasteiger charge is 2.13. The van der Waals surface area contributed by atoms with E-state index in [1.807, 2.05) is 38.1 Å². The van der Waals surface area contributed by atoms with Crippen LogP contribution in [0.1, 0.15) is 36.0 Å². The van der Waals surface area contributed by atoms with E-state index in [0.717, 1.165) is 15.6 Å². The lowest BCUT2D eigenvalue weighted by molar-refractivity contribution is -0.163. The standard InChI is InChI=1S/C16H22N2O4S/c1-10(2)8-20-11(3)22-18-16(19)15-7-13-5-4-12(9-21-17)6-14(13)23-15/h4-7,10-11H,8-9,17H2,1-3H3,(H,18,19). The smallest absolute Gasteiger partial charge is 0.285 e. The van der Waals surface area contributed by atoms with Crippen molar-refractivity contribution in [3.63, 3.8) is 0 Å². The molecule has 1 aromatic carbocycles. The molecule has 7 heteroatoms. The molecule has 0 bridgehead atoms. The van der Waals surface area contributed by atoms with Crippen LogP contribution in [-0.2, 0) is 21.0 Å². The van der Waals surface area contributed by atoms with Crippen molar-refractivity contribution < 1.29 is 19.2 Å². The van der Waals surface area contributed by atoms with Crippen LogP contribution in [0.2, 0.25) is 0 Å². The Kier molecular flexibility index (Phi) is 6.49. The molecular formula is C16H22N2O4S. The summed E-state index contributed by atoms with van der Waals surface area (Å²) in [4.78, 5) is 22.6. The lowest BCUT2D eigenvalue weighted by atomic mass is 10.2. The number of hydrogen-bond acceptors (Lipinski definition) is 6. The van der Waals surface area contributed by atoms with Gasteiger partial charge in [0.2, 0.25) is 0 Å². The summed E-state index contributed by atoms with van der Waals surface area (Å²) in [5.74, 6) is 5.20. The third-order valence-corrected chi connectivity index (χ3v) is 4.14. The first-order chi connectivity index (χ1) is 11.0. The Morgan fingerprint density at radius 3 is 2.78 bits per heavy atom. The van der Waals surface area contributed by atoms with Gasteiger partial charge in [0.1, 0.15) is 0 Å². The average Bonchev–Trinajstić information content (AvgIpc) is 2.94. The molecule has 126 valence electrons. The Morgan fingerprint density at radius 1 is 1.30 bits per heavy atom. The van der Waals surface area contributed by atoms with Gasteiger partial charge in [-0.15, -0.1) is 11.3 Å². The third-order valence-electron chi connectivity index (χ3n) is 3.04. The Hall–Kier alpha value is -1.51. The van der Waals surface area contributed by atoms with Gasteiger partial charge in [-0.1, -0.05) is 26.0 Å². The second-order valence-electron chi connectivity index (χ2n) is 5.64. The van der Waals surface area contributed by atoms with E-state index in [4.69, 9.17) is 15.5 Å². The van der Waals surface area contributed by atoms with E-state index in [1.54, 1.807) is 6.92 Å². The van der Waals surface area contributed by atoms with E-state index >= 15 is 0 Å². The molecule has 23 heavy (non-hydrogen) atoms. The minimum absolute atomic E-state index is 0.289. The Bertz CT molecular complexity index is 657. The van der Waals surface area contributed by atoms with Crippen LogP contribution < -0.4 is 11.4 Å². The molecule has 1 unspecified atom stereocenters.